The van der Waals surface area contributed by atoms with E-state index in [9.17, 15) is 4.79 Å². The van der Waals surface area contributed by atoms with Crippen LogP contribution in [0.1, 0.15) is 77.5 Å². The van der Waals surface area contributed by atoms with E-state index in [4.69, 9.17) is 11.1 Å². The van der Waals surface area contributed by atoms with Crippen molar-refractivity contribution < 1.29 is 4.79 Å². The van der Waals surface area contributed by atoms with Crippen molar-refractivity contribution in [1.82, 2.24) is 5.32 Å². The largest absolute Gasteiger partial charge is 0.347 e. The van der Waals surface area contributed by atoms with E-state index in [-0.39, 0.29) is 23.1 Å². The number of rotatable bonds is 11. The van der Waals surface area contributed by atoms with Crippen molar-refractivity contribution in [3.63, 3.8) is 0 Å². The maximum absolute atomic E-state index is 12.6. The number of amides is 1. The van der Waals surface area contributed by atoms with Crippen LogP contribution in [0.3, 0.4) is 0 Å². The molecule has 3 aromatic rings. The Morgan fingerprint density at radius 3 is 2.13 bits per heavy atom. The average Bonchev–Trinajstić information content (AvgIpc) is 3.34. The molecule has 0 aliphatic carbocycles. The van der Waals surface area contributed by atoms with Crippen molar-refractivity contribution in [2.45, 2.75) is 76.6 Å². The van der Waals surface area contributed by atoms with E-state index in [1.54, 1.807) is 0 Å². The van der Waals surface area contributed by atoms with Crippen LogP contribution < -0.4 is 5.32 Å². The number of carbonyl (C=O) groups excluding carboxylic acids is 1. The van der Waals surface area contributed by atoms with Gasteiger partial charge in [-0.3, -0.25) is 4.79 Å². The van der Waals surface area contributed by atoms with Crippen molar-refractivity contribution in [2.75, 3.05) is 6.54 Å². The Bertz CT molecular complexity index is 1240. The zero-order valence-electron chi connectivity index (χ0n) is 23.4. The first-order valence-corrected chi connectivity index (χ1v) is 14.6. The third kappa shape index (κ3) is 7.60. The number of nitrogens with zero attached hydrogens (tertiary/aromatic N) is 2. The fraction of sp³-hybridized carbons (Fsp3) is 0.433. The lowest BCUT2D eigenvalue weighted by atomic mass is 9.85. The topological polar surface area (TPSA) is 102 Å². The van der Waals surface area contributed by atoms with Crippen molar-refractivity contribution >= 4 is 29.0 Å². The Morgan fingerprint density at radius 2 is 1.61 bits per heavy atom. The van der Waals surface area contributed by atoms with Crippen LogP contribution in [0.5, 0.6) is 0 Å². The maximum Gasteiger partial charge on any atom is 0.261 e. The highest BCUT2D eigenvalue weighted by atomic mass is 32.2. The van der Waals surface area contributed by atoms with Crippen molar-refractivity contribution in [2.24, 2.45) is 16.1 Å². The standard InChI is InChI=1S/C30H39N5OS2/c1-18(2)14-26(24-12-13-25(38-24)29(36)33-17-27(34-31)35-32)37-23-15-19(3)28(20(4)16-23)21-8-10-22(11-9-21)30(5,6)7/h8-13,15-16,18,26-27,31-32H,14,17H2,1-7H3,(H,33,36). The Kier molecular flexibility index (Phi) is 10.0. The number of benzene rings is 2. The lowest BCUT2D eigenvalue weighted by Gasteiger charge is -2.21. The molecule has 1 atom stereocenters. The van der Waals surface area contributed by atoms with Crippen LogP contribution in [0.2, 0.25) is 0 Å². The van der Waals surface area contributed by atoms with Gasteiger partial charge in [-0.1, -0.05) is 58.9 Å². The number of aryl methyl sites for hydroxylation is 2. The van der Waals surface area contributed by atoms with E-state index in [1.165, 1.54) is 44.0 Å². The molecule has 6 nitrogen and oxygen atoms in total. The summed E-state index contributed by atoms with van der Waals surface area (Å²) in [6.45, 7) is 15.6. The summed E-state index contributed by atoms with van der Waals surface area (Å²) in [6, 6.07) is 17.4. The predicted molar refractivity (Wildman–Crippen MR) is 159 cm³/mol. The minimum Gasteiger partial charge on any atom is -0.347 e. The van der Waals surface area contributed by atoms with Gasteiger partial charge >= 0.3 is 0 Å². The minimum absolute atomic E-state index is 0.0487. The number of hydrogen-bond donors (Lipinski definition) is 3. The summed E-state index contributed by atoms with van der Waals surface area (Å²) in [5, 5.41) is 9.40. The molecule has 1 unspecified atom stereocenters. The van der Waals surface area contributed by atoms with Crippen molar-refractivity contribution in [1.29, 1.82) is 11.1 Å². The van der Waals surface area contributed by atoms with Gasteiger partial charge in [0.25, 0.3) is 5.91 Å². The molecular formula is C30H39N5OS2. The Balaban J connectivity index is 1.82. The van der Waals surface area contributed by atoms with Gasteiger partial charge in [-0.05, 0) is 83.7 Å². The molecule has 3 N–H and O–H groups in total. The quantitative estimate of drug-likeness (QED) is 0.164. The lowest BCUT2D eigenvalue weighted by molar-refractivity contribution is 0.0955. The fourth-order valence-corrected chi connectivity index (χ4v) is 7.14. The zero-order chi connectivity index (χ0) is 28.0. The summed E-state index contributed by atoms with van der Waals surface area (Å²) in [4.78, 5) is 15.6. The summed E-state index contributed by atoms with van der Waals surface area (Å²) < 4.78 is 0. The fourth-order valence-electron chi connectivity index (χ4n) is 4.44. The maximum atomic E-state index is 12.6. The summed E-state index contributed by atoms with van der Waals surface area (Å²) in [5.41, 5.74) is 20.6. The van der Waals surface area contributed by atoms with E-state index >= 15 is 0 Å². The number of carbonyl (C=O) groups is 1. The van der Waals surface area contributed by atoms with Crippen LogP contribution in [0.4, 0.5) is 0 Å². The van der Waals surface area contributed by atoms with Gasteiger partial charge in [0.15, 0.2) is 6.17 Å². The van der Waals surface area contributed by atoms with Gasteiger partial charge in [-0.2, -0.15) is 10.2 Å². The smallest absolute Gasteiger partial charge is 0.261 e. The molecule has 0 radical (unpaired) electrons. The Hall–Kier alpha value is -2.84. The van der Waals surface area contributed by atoms with Gasteiger partial charge in [-0.15, -0.1) is 23.1 Å². The highest BCUT2D eigenvalue weighted by molar-refractivity contribution is 7.99. The molecule has 3 rings (SSSR count). The van der Waals surface area contributed by atoms with E-state index in [1.807, 2.05) is 23.9 Å². The molecule has 38 heavy (non-hydrogen) atoms. The van der Waals surface area contributed by atoms with Crippen molar-refractivity contribution in [3.8, 4) is 11.1 Å². The highest BCUT2D eigenvalue weighted by Crippen LogP contribution is 2.44. The number of thioether (sulfide) groups is 1. The SMILES string of the molecule is Cc1cc(SC(CC(C)C)c2ccc(C(=O)NCC(N=N)N=N)s2)cc(C)c1-c1ccc(C(C)(C)C)cc1. The first-order chi connectivity index (χ1) is 17.9. The lowest BCUT2D eigenvalue weighted by Crippen LogP contribution is -2.29. The molecule has 1 amide bonds. The number of thiophene rings is 1. The molecule has 0 bridgehead atoms. The summed E-state index contributed by atoms with van der Waals surface area (Å²) in [7, 11) is 0. The summed E-state index contributed by atoms with van der Waals surface area (Å²) in [5.74, 6) is 0.285. The molecule has 0 spiro atoms. The second-order valence-corrected chi connectivity index (χ2v) is 13.5. The molecule has 0 saturated carbocycles. The Morgan fingerprint density at radius 1 is 1.00 bits per heavy atom. The summed E-state index contributed by atoms with van der Waals surface area (Å²) >= 11 is 3.36. The third-order valence-electron chi connectivity index (χ3n) is 6.42. The van der Waals surface area contributed by atoms with Gasteiger partial charge in [0, 0.05) is 15.0 Å². The molecule has 1 heterocycles. The predicted octanol–water partition coefficient (Wildman–Crippen LogP) is 9.33. The van der Waals surface area contributed by atoms with E-state index in [2.05, 4.69) is 100 Å². The second kappa shape index (κ2) is 12.8. The van der Waals surface area contributed by atoms with Crippen LogP contribution in [0.25, 0.3) is 11.1 Å². The van der Waals surface area contributed by atoms with Gasteiger partial charge in [0.05, 0.1) is 11.4 Å². The molecule has 0 aliphatic heterocycles. The summed E-state index contributed by atoms with van der Waals surface area (Å²) in [6.07, 6.45) is 0.131. The van der Waals surface area contributed by atoms with Crippen LogP contribution in [0, 0.1) is 30.8 Å². The number of hydrogen-bond acceptors (Lipinski definition) is 7. The van der Waals surface area contributed by atoms with E-state index in [0.29, 0.717) is 10.8 Å². The van der Waals surface area contributed by atoms with E-state index in [0.717, 1.165) is 11.3 Å². The van der Waals surface area contributed by atoms with Crippen molar-refractivity contribution in [3.05, 3.63) is 75.0 Å². The Labute approximate surface area is 235 Å². The third-order valence-corrected chi connectivity index (χ3v) is 9.01. The van der Waals surface area contributed by atoms with E-state index < -0.39 is 6.17 Å². The molecular weight excluding hydrogens is 510 g/mol. The number of nitrogens with one attached hydrogen (secondary N) is 3. The molecule has 0 fully saturated rings. The normalized spacial score (nSPS) is 13.3. The molecule has 0 saturated heterocycles. The van der Waals surface area contributed by atoms with Gasteiger partial charge in [-0.25, -0.2) is 11.1 Å². The van der Waals surface area contributed by atoms with Crippen LogP contribution >= 0.6 is 23.1 Å². The van der Waals surface area contributed by atoms with Crippen LogP contribution in [0.15, 0.2) is 63.7 Å². The molecule has 0 aliphatic rings. The first kappa shape index (κ1) is 29.7. The molecule has 8 heteroatoms. The highest BCUT2D eigenvalue weighted by Gasteiger charge is 2.21. The molecule has 2 aromatic carbocycles. The van der Waals surface area contributed by atoms with Gasteiger partial charge < -0.3 is 5.32 Å². The minimum atomic E-state index is -0.867. The van der Waals surface area contributed by atoms with Gasteiger partial charge in [0.2, 0.25) is 0 Å². The molecule has 202 valence electrons. The van der Waals surface area contributed by atoms with Crippen LogP contribution in [-0.4, -0.2) is 18.6 Å². The second-order valence-electron chi connectivity index (χ2n) is 11.1. The van der Waals surface area contributed by atoms with Gasteiger partial charge in [0.1, 0.15) is 0 Å². The first-order valence-electron chi connectivity index (χ1n) is 12.9. The molecule has 1 aromatic heterocycles. The average molecular weight is 550 g/mol. The van der Waals surface area contributed by atoms with Crippen LogP contribution in [-0.2, 0) is 5.41 Å². The zero-order valence-corrected chi connectivity index (χ0v) is 25.0. The monoisotopic (exact) mass is 549 g/mol.